The minimum atomic E-state index is -1.17. The molecule has 4 N–H and O–H groups in total. The molecule has 19 heavy (non-hydrogen) atoms. The Bertz CT molecular complexity index is 252. The fourth-order valence-corrected chi connectivity index (χ4v) is 2.98. The van der Waals surface area contributed by atoms with Gasteiger partial charge in [0.15, 0.2) is 0 Å². The number of unbranched alkanes of at least 4 members (excludes halogenated alkanes) is 2. The van der Waals surface area contributed by atoms with Crippen molar-refractivity contribution in [2.24, 2.45) is 0 Å². The third kappa shape index (κ3) is 4.13. The van der Waals surface area contributed by atoms with Crippen molar-refractivity contribution in [1.29, 1.82) is 0 Å². The van der Waals surface area contributed by atoms with Gasteiger partial charge in [0, 0.05) is 12.6 Å². The van der Waals surface area contributed by atoms with E-state index in [0.29, 0.717) is 6.54 Å². The van der Waals surface area contributed by atoms with Gasteiger partial charge in [0.2, 0.25) is 0 Å². The van der Waals surface area contributed by atoms with Crippen LogP contribution in [0.15, 0.2) is 0 Å². The average molecular weight is 275 g/mol. The molecule has 0 bridgehead atoms. The first kappa shape index (κ1) is 16.9. The molecule has 0 amide bonds. The Hall–Kier alpha value is -0.200. The second-order valence-corrected chi connectivity index (χ2v) is 5.55. The van der Waals surface area contributed by atoms with Crippen molar-refractivity contribution < 1.29 is 20.4 Å². The Morgan fingerprint density at radius 3 is 2.32 bits per heavy atom. The second kappa shape index (κ2) is 8.17. The zero-order valence-electron chi connectivity index (χ0n) is 12.1. The van der Waals surface area contributed by atoms with Gasteiger partial charge in [0.25, 0.3) is 0 Å². The summed E-state index contributed by atoms with van der Waals surface area (Å²) in [5, 5.41) is 39.0. The molecule has 5 nitrogen and oxygen atoms in total. The summed E-state index contributed by atoms with van der Waals surface area (Å²) < 4.78 is 0. The van der Waals surface area contributed by atoms with Crippen LogP contribution in [0.1, 0.15) is 46.0 Å². The van der Waals surface area contributed by atoms with E-state index in [1.165, 1.54) is 6.42 Å². The van der Waals surface area contributed by atoms with E-state index in [2.05, 4.69) is 13.8 Å². The van der Waals surface area contributed by atoms with Crippen LogP contribution in [0.3, 0.4) is 0 Å². The average Bonchev–Trinajstić information content (AvgIpc) is 2.41. The zero-order chi connectivity index (χ0) is 14.4. The predicted molar refractivity (Wildman–Crippen MR) is 73.8 cm³/mol. The molecule has 1 heterocycles. The summed E-state index contributed by atoms with van der Waals surface area (Å²) in [5.41, 5.74) is 0. The Labute approximate surface area is 115 Å². The van der Waals surface area contributed by atoms with Gasteiger partial charge >= 0.3 is 0 Å². The fraction of sp³-hybridized carbons (Fsp3) is 1.00. The number of likely N-dealkylation sites (tertiary alicyclic amines) is 1. The first-order chi connectivity index (χ1) is 9.06. The van der Waals surface area contributed by atoms with Crippen molar-refractivity contribution in [3.05, 3.63) is 0 Å². The maximum atomic E-state index is 9.98. The highest BCUT2D eigenvalue weighted by atomic mass is 16.4. The molecular formula is C14H29NO4. The summed E-state index contributed by atoms with van der Waals surface area (Å²) >= 11 is 0. The quantitative estimate of drug-likeness (QED) is 0.496. The highest BCUT2D eigenvalue weighted by Gasteiger charge is 2.42. The molecule has 1 aliphatic rings. The topological polar surface area (TPSA) is 84.2 Å². The number of piperidine rings is 1. The van der Waals surface area contributed by atoms with Crippen LogP contribution in [0.4, 0.5) is 0 Å². The first-order valence-corrected chi connectivity index (χ1v) is 7.47. The summed E-state index contributed by atoms with van der Waals surface area (Å²) in [4.78, 5) is 1.97. The molecule has 5 heteroatoms. The van der Waals surface area contributed by atoms with Gasteiger partial charge < -0.3 is 20.4 Å². The van der Waals surface area contributed by atoms with E-state index in [9.17, 15) is 20.4 Å². The Morgan fingerprint density at radius 2 is 1.79 bits per heavy atom. The van der Waals surface area contributed by atoms with E-state index in [4.69, 9.17) is 0 Å². The number of nitrogens with zero attached hydrogens (tertiary/aromatic N) is 1. The van der Waals surface area contributed by atoms with E-state index in [1.807, 2.05) is 4.90 Å². The molecule has 0 aliphatic carbocycles. The van der Waals surface area contributed by atoms with Crippen LogP contribution in [0.5, 0.6) is 0 Å². The molecule has 1 unspecified atom stereocenters. The number of β-amino-alcohol motifs (C(OH)–C–C–N with tert-alkyl or cyclic N) is 1. The minimum Gasteiger partial charge on any atom is -0.395 e. The molecule has 1 saturated heterocycles. The molecule has 0 aromatic heterocycles. The lowest BCUT2D eigenvalue weighted by Crippen LogP contribution is -2.64. The molecule has 1 aliphatic heterocycles. The van der Waals surface area contributed by atoms with Crippen molar-refractivity contribution in [1.82, 2.24) is 4.90 Å². The van der Waals surface area contributed by atoms with Crippen molar-refractivity contribution in [2.75, 3.05) is 13.2 Å². The Morgan fingerprint density at radius 1 is 1.11 bits per heavy atom. The Balaban J connectivity index is 2.70. The van der Waals surface area contributed by atoms with E-state index in [-0.39, 0.29) is 12.6 Å². The van der Waals surface area contributed by atoms with Crippen molar-refractivity contribution in [3.8, 4) is 0 Å². The van der Waals surface area contributed by atoms with Crippen molar-refractivity contribution in [3.63, 3.8) is 0 Å². The summed E-state index contributed by atoms with van der Waals surface area (Å²) in [7, 11) is 0. The highest BCUT2D eigenvalue weighted by Crippen LogP contribution is 2.25. The number of rotatable bonds is 7. The zero-order valence-corrected chi connectivity index (χ0v) is 12.1. The van der Waals surface area contributed by atoms with Gasteiger partial charge in [-0.05, 0) is 12.8 Å². The molecule has 0 radical (unpaired) electrons. The lowest BCUT2D eigenvalue weighted by molar-refractivity contribution is -0.155. The normalized spacial score (nSPS) is 34.4. The number of hydrogen-bond acceptors (Lipinski definition) is 5. The summed E-state index contributed by atoms with van der Waals surface area (Å²) in [5.74, 6) is 0. The SMILES string of the molecule is CCCCCC(CC)N1C[C@H](O)[C@@H](O)[C@H](O)[C@@H]1CO. The standard InChI is InChI=1S/C14H29NO4/c1-3-5-6-7-10(4-2)15-8-12(17)14(19)13(18)11(15)9-16/h10-14,16-19H,3-9H2,1-2H3/t10?,11-,12-,13+,14+/m0/s1. The Kier molecular flexibility index (Phi) is 7.25. The molecule has 0 saturated carbocycles. The molecule has 1 rings (SSSR count). The van der Waals surface area contributed by atoms with Crippen LogP contribution in [0.2, 0.25) is 0 Å². The van der Waals surface area contributed by atoms with Gasteiger partial charge in [-0.2, -0.15) is 0 Å². The molecule has 0 aromatic carbocycles. The van der Waals surface area contributed by atoms with Crippen LogP contribution < -0.4 is 0 Å². The van der Waals surface area contributed by atoms with Crippen LogP contribution in [0, 0.1) is 0 Å². The molecule has 0 spiro atoms. The van der Waals surface area contributed by atoms with Crippen molar-refractivity contribution in [2.45, 2.75) is 76.3 Å². The van der Waals surface area contributed by atoms with Crippen LogP contribution in [0.25, 0.3) is 0 Å². The van der Waals surface area contributed by atoms with Gasteiger partial charge in [-0.25, -0.2) is 0 Å². The minimum absolute atomic E-state index is 0.199. The van der Waals surface area contributed by atoms with Crippen LogP contribution >= 0.6 is 0 Å². The summed E-state index contributed by atoms with van der Waals surface area (Å²) in [6, 6.07) is -0.245. The predicted octanol–water partition coefficient (Wildman–Crippen LogP) is 0.104. The maximum Gasteiger partial charge on any atom is 0.109 e. The number of aliphatic hydroxyl groups excluding tert-OH is 4. The van der Waals surface area contributed by atoms with Gasteiger partial charge in [-0.3, -0.25) is 4.90 Å². The van der Waals surface area contributed by atoms with Crippen LogP contribution in [-0.2, 0) is 0 Å². The molecule has 1 fully saturated rings. The molecule has 5 atom stereocenters. The van der Waals surface area contributed by atoms with E-state index in [0.717, 1.165) is 25.7 Å². The molecular weight excluding hydrogens is 246 g/mol. The van der Waals surface area contributed by atoms with Crippen molar-refractivity contribution >= 4 is 0 Å². The highest BCUT2D eigenvalue weighted by molar-refractivity contribution is 4.96. The second-order valence-electron chi connectivity index (χ2n) is 5.55. The van der Waals surface area contributed by atoms with Gasteiger partial charge in [-0.1, -0.05) is 33.1 Å². The first-order valence-electron chi connectivity index (χ1n) is 7.47. The van der Waals surface area contributed by atoms with Gasteiger partial charge in [-0.15, -0.1) is 0 Å². The van der Waals surface area contributed by atoms with E-state index in [1.54, 1.807) is 0 Å². The monoisotopic (exact) mass is 275 g/mol. The largest absolute Gasteiger partial charge is 0.395 e. The summed E-state index contributed by atoms with van der Waals surface area (Å²) in [6.45, 7) is 4.35. The lowest BCUT2D eigenvalue weighted by atomic mass is 9.91. The number of hydrogen-bond donors (Lipinski definition) is 4. The summed E-state index contributed by atoms with van der Waals surface area (Å²) in [6.07, 6.45) is 2.14. The fourth-order valence-electron chi connectivity index (χ4n) is 2.98. The smallest absolute Gasteiger partial charge is 0.109 e. The molecule has 0 aromatic rings. The van der Waals surface area contributed by atoms with E-state index >= 15 is 0 Å². The molecule has 114 valence electrons. The maximum absolute atomic E-state index is 9.98. The lowest BCUT2D eigenvalue weighted by Gasteiger charge is -2.46. The third-order valence-corrected chi connectivity index (χ3v) is 4.23. The van der Waals surface area contributed by atoms with Gasteiger partial charge in [0.1, 0.15) is 12.2 Å². The van der Waals surface area contributed by atoms with E-state index < -0.39 is 24.4 Å². The van der Waals surface area contributed by atoms with Gasteiger partial charge in [0.05, 0.1) is 18.8 Å². The third-order valence-electron chi connectivity index (χ3n) is 4.23. The number of aliphatic hydroxyl groups is 4. The van der Waals surface area contributed by atoms with Crippen LogP contribution in [-0.4, -0.2) is 68.9 Å².